The highest BCUT2D eigenvalue weighted by atomic mass is 15.3. The summed E-state index contributed by atoms with van der Waals surface area (Å²) in [5.74, 6) is 1.31. The Morgan fingerprint density at radius 2 is 2.25 bits per heavy atom. The van der Waals surface area contributed by atoms with Crippen LogP contribution in [0.5, 0.6) is 0 Å². The van der Waals surface area contributed by atoms with Gasteiger partial charge in [-0.1, -0.05) is 0 Å². The van der Waals surface area contributed by atoms with Crippen molar-refractivity contribution in [3.8, 4) is 11.3 Å². The highest BCUT2D eigenvalue weighted by Gasteiger charge is 2.22. The van der Waals surface area contributed by atoms with Crippen LogP contribution in [0.2, 0.25) is 0 Å². The zero-order chi connectivity index (χ0) is 11.0. The molecule has 1 fully saturated rings. The van der Waals surface area contributed by atoms with Gasteiger partial charge in [0.05, 0.1) is 11.9 Å². The van der Waals surface area contributed by atoms with Crippen molar-refractivity contribution in [1.29, 1.82) is 0 Å². The Morgan fingerprint density at radius 3 is 3.00 bits per heavy atom. The largest absolute Gasteiger partial charge is 0.384 e. The van der Waals surface area contributed by atoms with Gasteiger partial charge in [0, 0.05) is 24.4 Å². The van der Waals surface area contributed by atoms with Gasteiger partial charge in [-0.2, -0.15) is 5.10 Å². The summed E-state index contributed by atoms with van der Waals surface area (Å²) in [5, 5.41) is 4.32. The molecule has 16 heavy (non-hydrogen) atoms. The zero-order valence-electron chi connectivity index (χ0n) is 8.87. The van der Waals surface area contributed by atoms with Crippen LogP contribution < -0.4 is 5.73 Å². The number of rotatable bonds is 3. The van der Waals surface area contributed by atoms with Crippen molar-refractivity contribution in [2.45, 2.75) is 19.4 Å². The molecule has 0 aliphatic heterocycles. The van der Waals surface area contributed by atoms with Crippen molar-refractivity contribution in [3.63, 3.8) is 0 Å². The SMILES string of the molecule is Nc1cc(-c2cnn(CC3CC3)c2)ncn1. The van der Waals surface area contributed by atoms with Crippen LogP contribution in [0.3, 0.4) is 0 Å². The van der Waals surface area contributed by atoms with Crippen molar-refractivity contribution in [2.75, 3.05) is 5.73 Å². The molecule has 2 aromatic heterocycles. The first-order valence-electron chi connectivity index (χ1n) is 5.41. The van der Waals surface area contributed by atoms with Crippen LogP contribution in [0.25, 0.3) is 11.3 Å². The summed E-state index contributed by atoms with van der Waals surface area (Å²) in [6.45, 7) is 1.01. The lowest BCUT2D eigenvalue weighted by Crippen LogP contribution is -1.99. The Morgan fingerprint density at radius 1 is 1.38 bits per heavy atom. The molecule has 3 rings (SSSR count). The first-order valence-corrected chi connectivity index (χ1v) is 5.41. The van der Waals surface area contributed by atoms with Crippen LogP contribution in [0.4, 0.5) is 5.82 Å². The average molecular weight is 215 g/mol. The molecule has 1 aliphatic rings. The monoisotopic (exact) mass is 215 g/mol. The van der Waals surface area contributed by atoms with Gasteiger partial charge in [-0.15, -0.1) is 0 Å². The van der Waals surface area contributed by atoms with Gasteiger partial charge in [0.2, 0.25) is 0 Å². The fourth-order valence-corrected chi connectivity index (χ4v) is 1.69. The summed E-state index contributed by atoms with van der Waals surface area (Å²) in [6, 6.07) is 1.76. The summed E-state index contributed by atoms with van der Waals surface area (Å²) in [4.78, 5) is 8.04. The minimum atomic E-state index is 0.486. The van der Waals surface area contributed by atoms with Gasteiger partial charge in [-0.05, 0) is 18.8 Å². The Balaban J connectivity index is 1.85. The second-order valence-corrected chi connectivity index (χ2v) is 4.22. The van der Waals surface area contributed by atoms with Crippen molar-refractivity contribution in [3.05, 3.63) is 24.8 Å². The molecule has 0 unspecified atom stereocenters. The van der Waals surface area contributed by atoms with Crippen molar-refractivity contribution < 1.29 is 0 Å². The Labute approximate surface area is 93.3 Å². The number of aromatic nitrogens is 4. The molecule has 82 valence electrons. The van der Waals surface area contributed by atoms with E-state index in [0.717, 1.165) is 23.7 Å². The number of hydrogen-bond donors (Lipinski definition) is 1. The van der Waals surface area contributed by atoms with E-state index in [9.17, 15) is 0 Å². The molecule has 1 saturated carbocycles. The molecule has 5 heteroatoms. The number of nitrogens with two attached hydrogens (primary N) is 1. The molecule has 0 amide bonds. The molecule has 0 saturated heterocycles. The van der Waals surface area contributed by atoms with E-state index in [1.807, 2.05) is 17.1 Å². The van der Waals surface area contributed by atoms with Crippen LogP contribution in [0, 0.1) is 5.92 Å². The molecule has 0 atom stereocenters. The third-order valence-electron chi connectivity index (χ3n) is 2.76. The summed E-state index contributed by atoms with van der Waals surface area (Å²) in [5.41, 5.74) is 7.44. The lowest BCUT2D eigenvalue weighted by atomic mass is 10.2. The van der Waals surface area contributed by atoms with Gasteiger partial charge in [0.15, 0.2) is 0 Å². The molecule has 5 nitrogen and oxygen atoms in total. The summed E-state index contributed by atoms with van der Waals surface area (Å²) in [6.07, 6.45) is 7.97. The van der Waals surface area contributed by atoms with Crippen LogP contribution in [0.15, 0.2) is 24.8 Å². The summed E-state index contributed by atoms with van der Waals surface area (Å²) < 4.78 is 1.98. The zero-order valence-corrected chi connectivity index (χ0v) is 8.87. The molecule has 0 spiro atoms. The topological polar surface area (TPSA) is 69.6 Å². The molecular weight excluding hydrogens is 202 g/mol. The second-order valence-electron chi connectivity index (χ2n) is 4.22. The molecule has 1 aliphatic carbocycles. The fraction of sp³-hybridized carbons (Fsp3) is 0.364. The molecular formula is C11H13N5. The van der Waals surface area contributed by atoms with E-state index in [4.69, 9.17) is 5.73 Å². The molecule has 2 N–H and O–H groups in total. The van der Waals surface area contributed by atoms with Crippen molar-refractivity contribution in [1.82, 2.24) is 19.7 Å². The van der Waals surface area contributed by atoms with Gasteiger partial charge < -0.3 is 5.73 Å². The van der Waals surface area contributed by atoms with Gasteiger partial charge in [-0.25, -0.2) is 9.97 Å². The molecule has 0 bridgehead atoms. The lowest BCUT2D eigenvalue weighted by molar-refractivity contribution is 0.563. The van der Waals surface area contributed by atoms with E-state index in [0.29, 0.717) is 5.82 Å². The number of nitrogens with zero attached hydrogens (tertiary/aromatic N) is 4. The van der Waals surface area contributed by atoms with Gasteiger partial charge in [-0.3, -0.25) is 4.68 Å². The van der Waals surface area contributed by atoms with Gasteiger partial charge >= 0.3 is 0 Å². The maximum Gasteiger partial charge on any atom is 0.127 e. The Hall–Kier alpha value is -1.91. The van der Waals surface area contributed by atoms with E-state index in [1.165, 1.54) is 19.2 Å². The van der Waals surface area contributed by atoms with E-state index < -0.39 is 0 Å². The van der Waals surface area contributed by atoms with Crippen LogP contribution in [0.1, 0.15) is 12.8 Å². The number of hydrogen-bond acceptors (Lipinski definition) is 4. The maximum atomic E-state index is 5.62. The quantitative estimate of drug-likeness (QED) is 0.838. The normalized spacial score (nSPS) is 15.2. The fourth-order valence-electron chi connectivity index (χ4n) is 1.69. The summed E-state index contributed by atoms with van der Waals surface area (Å²) in [7, 11) is 0. The van der Waals surface area contributed by atoms with Gasteiger partial charge in [0.25, 0.3) is 0 Å². The van der Waals surface area contributed by atoms with Gasteiger partial charge in [0.1, 0.15) is 12.1 Å². The minimum Gasteiger partial charge on any atom is -0.384 e. The highest BCUT2D eigenvalue weighted by molar-refractivity contribution is 5.59. The predicted molar refractivity (Wildman–Crippen MR) is 60.4 cm³/mol. The third-order valence-corrected chi connectivity index (χ3v) is 2.76. The molecule has 0 radical (unpaired) electrons. The number of anilines is 1. The van der Waals surface area contributed by atoms with Crippen LogP contribution >= 0.6 is 0 Å². The first-order chi connectivity index (χ1) is 7.81. The van der Waals surface area contributed by atoms with E-state index in [2.05, 4.69) is 15.1 Å². The molecule has 2 heterocycles. The second kappa shape index (κ2) is 3.59. The lowest BCUT2D eigenvalue weighted by Gasteiger charge is -1.98. The van der Waals surface area contributed by atoms with Crippen molar-refractivity contribution in [2.24, 2.45) is 5.92 Å². The predicted octanol–water partition coefficient (Wildman–Crippen LogP) is 1.33. The maximum absolute atomic E-state index is 5.62. The smallest absolute Gasteiger partial charge is 0.127 e. The van der Waals surface area contributed by atoms with E-state index >= 15 is 0 Å². The molecule has 2 aromatic rings. The Bertz CT molecular complexity index is 501. The highest BCUT2D eigenvalue weighted by Crippen LogP contribution is 2.30. The minimum absolute atomic E-state index is 0.486. The van der Waals surface area contributed by atoms with Crippen molar-refractivity contribution >= 4 is 5.82 Å². The van der Waals surface area contributed by atoms with Crippen LogP contribution in [-0.4, -0.2) is 19.7 Å². The Kier molecular flexibility index (Phi) is 2.09. The van der Waals surface area contributed by atoms with Crippen LogP contribution in [-0.2, 0) is 6.54 Å². The first kappa shape index (κ1) is 9.33. The molecule has 0 aromatic carbocycles. The third kappa shape index (κ3) is 1.88. The van der Waals surface area contributed by atoms with E-state index in [1.54, 1.807) is 6.07 Å². The standard InChI is InChI=1S/C11H13N5/c12-11-3-10(13-7-14-11)9-4-15-16(6-9)5-8-1-2-8/h3-4,6-8H,1-2,5H2,(H2,12,13,14). The van der Waals surface area contributed by atoms with E-state index in [-0.39, 0.29) is 0 Å². The average Bonchev–Trinajstić information content (AvgIpc) is 2.94. The number of nitrogen functional groups attached to an aromatic ring is 1. The summed E-state index contributed by atoms with van der Waals surface area (Å²) >= 11 is 0.